The van der Waals surface area contributed by atoms with Crippen molar-refractivity contribution in [3.63, 3.8) is 0 Å². The first-order chi connectivity index (χ1) is 9.49. The largest absolute Gasteiger partial charge is 0.391 e. The zero-order valence-corrected chi connectivity index (χ0v) is 12.4. The number of amides is 1. The topological polar surface area (TPSA) is 49.3 Å². The minimum atomic E-state index is -1.07. The lowest BCUT2D eigenvalue weighted by Gasteiger charge is -2.18. The van der Waals surface area contributed by atoms with Crippen LogP contribution in [0.4, 0.5) is 8.78 Å². The van der Waals surface area contributed by atoms with E-state index in [1.807, 2.05) is 0 Å². The summed E-state index contributed by atoms with van der Waals surface area (Å²) in [7, 11) is 0. The third-order valence-electron chi connectivity index (χ3n) is 3.67. The standard InChI is InChI=1S/C14H16BrF2NO2/c15-10-6-12(17)11(16)5-9(10)14(20)18-7-13(19)8-3-1-2-4-8/h5-6,8,13,19H,1-4,7H2,(H,18,20). The van der Waals surface area contributed by atoms with E-state index < -0.39 is 23.6 Å². The molecule has 1 saturated carbocycles. The maximum absolute atomic E-state index is 13.1. The van der Waals surface area contributed by atoms with Crippen molar-refractivity contribution in [2.75, 3.05) is 6.54 Å². The molecule has 6 heteroatoms. The van der Waals surface area contributed by atoms with Gasteiger partial charge in [0.25, 0.3) is 5.91 Å². The Bertz CT molecular complexity index is 504. The average Bonchev–Trinajstić information content (AvgIpc) is 2.94. The lowest BCUT2D eigenvalue weighted by Crippen LogP contribution is -2.35. The summed E-state index contributed by atoms with van der Waals surface area (Å²) in [5.41, 5.74) is 0.0162. The Kier molecular flexibility index (Phi) is 5.10. The van der Waals surface area contributed by atoms with Gasteiger partial charge in [-0.25, -0.2) is 8.78 Å². The summed E-state index contributed by atoms with van der Waals surface area (Å²) in [5.74, 6) is -2.41. The van der Waals surface area contributed by atoms with E-state index in [1.54, 1.807) is 0 Å². The van der Waals surface area contributed by atoms with Crippen LogP contribution in [0.15, 0.2) is 16.6 Å². The summed E-state index contributed by atoms with van der Waals surface area (Å²) in [6, 6.07) is 1.76. The number of benzene rings is 1. The number of carbonyl (C=O) groups excluding carboxylic acids is 1. The number of nitrogens with one attached hydrogen (secondary N) is 1. The summed E-state index contributed by atoms with van der Waals surface area (Å²) < 4.78 is 26.3. The summed E-state index contributed by atoms with van der Waals surface area (Å²) >= 11 is 3.03. The van der Waals surface area contributed by atoms with Crippen molar-refractivity contribution in [3.05, 3.63) is 33.8 Å². The van der Waals surface area contributed by atoms with Crippen LogP contribution >= 0.6 is 15.9 Å². The fourth-order valence-corrected chi connectivity index (χ4v) is 2.99. The highest BCUT2D eigenvalue weighted by molar-refractivity contribution is 9.10. The third kappa shape index (κ3) is 3.55. The van der Waals surface area contributed by atoms with Gasteiger partial charge in [0.15, 0.2) is 11.6 Å². The minimum Gasteiger partial charge on any atom is -0.391 e. The SMILES string of the molecule is O=C(NCC(O)C1CCCC1)c1cc(F)c(F)cc1Br. The maximum Gasteiger partial charge on any atom is 0.252 e. The predicted molar refractivity (Wildman–Crippen MR) is 74.4 cm³/mol. The second-order valence-corrected chi connectivity index (χ2v) is 5.92. The number of aliphatic hydroxyl groups excluding tert-OH is 1. The van der Waals surface area contributed by atoms with Gasteiger partial charge in [0.1, 0.15) is 0 Å². The predicted octanol–water partition coefficient (Wildman–Crippen LogP) is 3.01. The van der Waals surface area contributed by atoms with E-state index in [0.29, 0.717) is 0 Å². The molecule has 1 unspecified atom stereocenters. The number of halogens is 3. The van der Waals surface area contributed by atoms with Gasteiger partial charge in [0, 0.05) is 11.0 Å². The van der Waals surface area contributed by atoms with Crippen molar-refractivity contribution >= 4 is 21.8 Å². The van der Waals surface area contributed by atoms with Crippen molar-refractivity contribution in [1.82, 2.24) is 5.32 Å². The molecule has 0 radical (unpaired) electrons. The molecule has 0 bridgehead atoms. The van der Waals surface area contributed by atoms with Gasteiger partial charge in [0.2, 0.25) is 0 Å². The molecule has 1 atom stereocenters. The van der Waals surface area contributed by atoms with Crippen LogP contribution in [0.5, 0.6) is 0 Å². The Morgan fingerprint density at radius 3 is 2.60 bits per heavy atom. The van der Waals surface area contributed by atoms with Crippen molar-refractivity contribution in [2.45, 2.75) is 31.8 Å². The Hall–Kier alpha value is -1.01. The first-order valence-corrected chi connectivity index (χ1v) is 7.39. The number of hydrogen-bond acceptors (Lipinski definition) is 2. The Labute approximate surface area is 124 Å². The van der Waals surface area contributed by atoms with Crippen LogP contribution in [-0.2, 0) is 0 Å². The lowest BCUT2D eigenvalue weighted by molar-refractivity contribution is 0.0839. The van der Waals surface area contributed by atoms with Crippen LogP contribution < -0.4 is 5.32 Å². The highest BCUT2D eigenvalue weighted by atomic mass is 79.9. The number of rotatable bonds is 4. The molecule has 2 rings (SSSR count). The van der Waals surface area contributed by atoms with E-state index in [1.165, 1.54) is 0 Å². The fourth-order valence-electron chi connectivity index (χ4n) is 2.50. The molecule has 110 valence electrons. The average molecular weight is 348 g/mol. The molecule has 0 aromatic heterocycles. The van der Waals surface area contributed by atoms with Crippen LogP contribution in [0.2, 0.25) is 0 Å². The molecule has 1 aromatic rings. The second-order valence-electron chi connectivity index (χ2n) is 5.07. The molecule has 0 spiro atoms. The number of hydrogen-bond donors (Lipinski definition) is 2. The molecular formula is C14H16BrF2NO2. The third-order valence-corrected chi connectivity index (χ3v) is 4.33. The summed E-state index contributed by atoms with van der Waals surface area (Å²) in [6.45, 7) is 0.120. The van der Waals surface area contributed by atoms with Crippen LogP contribution in [0.25, 0.3) is 0 Å². The van der Waals surface area contributed by atoms with Crippen molar-refractivity contribution < 1.29 is 18.7 Å². The van der Waals surface area contributed by atoms with E-state index in [2.05, 4.69) is 21.2 Å². The van der Waals surface area contributed by atoms with Gasteiger partial charge in [-0.2, -0.15) is 0 Å². The van der Waals surface area contributed by atoms with E-state index in [4.69, 9.17) is 0 Å². The van der Waals surface area contributed by atoms with Crippen LogP contribution in [0.3, 0.4) is 0 Å². The Balaban J connectivity index is 1.96. The normalized spacial score (nSPS) is 17.2. The van der Waals surface area contributed by atoms with Crippen molar-refractivity contribution in [2.24, 2.45) is 5.92 Å². The smallest absolute Gasteiger partial charge is 0.252 e. The number of carbonyl (C=O) groups is 1. The summed E-state index contributed by atoms with van der Waals surface area (Å²) in [5, 5.41) is 12.5. The molecule has 0 aliphatic heterocycles. The molecule has 2 N–H and O–H groups in total. The zero-order valence-electron chi connectivity index (χ0n) is 10.8. The minimum absolute atomic E-state index is 0.0162. The Morgan fingerprint density at radius 2 is 1.95 bits per heavy atom. The molecule has 1 fully saturated rings. The van der Waals surface area contributed by atoms with Gasteiger partial charge >= 0.3 is 0 Å². The molecule has 0 heterocycles. The molecule has 1 aromatic carbocycles. The van der Waals surface area contributed by atoms with Gasteiger partial charge in [-0.05, 0) is 46.8 Å². The Morgan fingerprint density at radius 1 is 1.35 bits per heavy atom. The molecule has 1 aliphatic rings. The van der Waals surface area contributed by atoms with Gasteiger partial charge in [-0.15, -0.1) is 0 Å². The molecular weight excluding hydrogens is 332 g/mol. The number of aliphatic hydroxyl groups is 1. The van der Waals surface area contributed by atoms with Gasteiger partial charge in [-0.3, -0.25) is 4.79 Å². The second kappa shape index (κ2) is 6.63. The highest BCUT2D eigenvalue weighted by Crippen LogP contribution is 2.27. The van der Waals surface area contributed by atoms with E-state index >= 15 is 0 Å². The van der Waals surface area contributed by atoms with Gasteiger partial charge < -0.3 is 10.4 Å². The summed E-state index contributed by atoms with van der Waals surface area (Å²) in [6.07, 6.45) is 3.54. The van der Waals surface area contributed by atoms with Gasteiger partial charge in [-0.1, -0.05) is 12.8 Å². The fraction of sp³-hybridized carbons (Fsp3) is 0.500. The first-order valence-electron chi connectivity index (χ1n) is 6.60. The van der Waals surface area contributed by atoms with Crippen molar-refractivity contribution in [3.8, 4) is 0 Å². The highest BCUT2D eigenvalue weighted by Gasteiger charge is 2.24. The van der Waals surface area contributed by atoms with Crippen LogP contribution in [0, 0.1) is 17.6 Å². The van der Waals surface area contributed by atoms with Crippen molar-refractivity contribution in [1.29, 1.82) is 0 Å². The zero-order chi connectivity index (χ0) is 14.7. The van der Waals surface area contributed by atoms with E-state index in [9.17, 15) is 18.7 Å². The maximum atomic E-state index is 13.1. The molecule has 1 amide bonds. The molecule has 1 aliphatic carbocycles. The molecule has 20 heavy (non-hydrogen) atoms. The van der Waals surface area contributed by atoms with Gasteiger partial charge in [0.05, 0.1) is 11.7 Å². The monoisotopic (exact) mass is 347 g/mol. The lowest BCUT2D eigenvalue weighted by atomic mass is 10.0. The van der Waals surface area contributed by atoms with E-state index in [0.717, 1.165) is 37.8 Å². The molecule has 3 nitrogen and oxygen atoms in total. The van der Waals surface area contributed by atoms with E-state index in [-0.39, 0.29) is 22.5 Å². The van der Waals surface area contributed by atoms with Crippen LogP contribution in [-0.4, -0.2) is 23.7 Å². The summed E-state index contributed by atoms with van der Waals surface area (Å²) in [4.78, 5) is 11.9. The van der Waals surface area contributed by atoms with Crippen LogP contribution in [0.1, 0.15) is 36.0 Å². The first kappa shape index (κ1) is 15.4. The molecule has 0 saturated heterocycles. The quantitative estimate of drug-likeness (QED) is 0.822.